The van der Waals surface area contributed by atoms with Crippen LogP contribution in [0, 0.1) is 18.2 Å². The van der Waals surface area contributed by atoms with Crippen LogP contribution < -0.4 is 10.6 Å². The number of hydrogen-bond donors (Lipinski definition) is 1. The number of nitrogens with two attached hydrogens (primary N) is 1. The van der Waals surface area contributed by atoms with E-state index in [9.17, 15) is 4.39 Å². The van der Waals surface area contributed by atoms with Crippen LogP contribution in [0.3, 0.4) is 0 Å². The van der Waals surface area contributed by atoms with Gasteiger partial charge in [-0.15, -0.1) is 0 Å². The number of rotatable bonds is 2. The lowest BCUT2D eigenvalue weighted by Gasteiger charge is -2.42. The van der Waals surface area contributed by atoms with Crippen LogP contribution in [0.5, 0.6) is 0 Å². The number of halogens is 1. The van der Waals surface area contributed by atoms with Gasteiger partial charge in [0.2, 0.25) is 0 Å². The van der Waals surface area contributed by atoms with E-state index in [1.165, 1.54) is 11.6 Å². The van der Waals surface area contributed by atoms with E-state index >= 15 is 0 Å². The Hall–Kier alpha value is -3.32. The molecular weight excluding hydrogens is 403 g/mol. The number of aryl methyl sites for hydroxylation is 1. The predicted octanol–water partition coefficient (Wildman–Crippen LogP) is 4.08. The predicted molar refractivity (Wildman–Crippen MR) is 122 cm³/mol. The zero-order valence-corrected chi connectivity index (χ0v) is 18.0. The maximum atomic E-state index is 14.6. The quantitative estimate of drug-likeness (QED) is 0.521. The van der Waals surface area contributed by atoms with Gasteiger partial charge in [-0.25, -0.2) is 13.9 Å². The molecule has 2 N–H and O–H groups in total. The molecule has 0 unspecified atom stereocenters. The Morgan fingerprint density at radius 1 is 1.06 bits per heavy atom. The molecule has 0 amide bonds. The maximum absolute atomic E-state index is 14.6. The summed E-state index contributed by atoms with van der Waals surface area (Å²) >= 11 is 0. The molecule has 1 aliphatic carbocycles. The highest BCUT2D eigenvalue weighted by molar-refractivity contribution is 5.75. The number of nitrogens with zero attached hydrogens (tertiary/aromatic N) is 5. The zero-order chi connectivity index (χ0) is 21.9. The lowest BCUT2D eigenvalue weighted by atomic mass is 9.73. The Morgan fingerprint density at radius 2 is 1.88 bits per heavy atom. The van der Waals surface area contributed by atoms with Crippen molar-refractivity contribution in [3.8, 4) is 11.3 Å². The molecule has 7 heteroatoms. The molecule has 0 saturated carbocycles. The third kappa shape index (κ3) is 2.77. The van der Waals surface area contributed by atoms with E-state index in [0.717, 1.165) is 55.1 Å². The van der Waals surface area contributed by atoms with Crippen LogP contribution >= 0.6 is 0 Å². The van der Waals surface area contributed by atoms with E-state index in [4.69, 9.17) is 10.7 Å². The van der Waals surface area contributed by atoms with E-state index in [-0.39, 0.29) is 17.3 Å². The Bertz CT molecular complexity index is 1320. The SMILES string of the molecule is Cc1nc(N2CCC3(CC2)Cc2ncccc2[C@@H]3N)c2ccnn2c1-c1ccccc1F. The maximum Gasteiger partial charge on any atom is 0.155 e. The first-order chi connectivity index (χ1) is 15.6. The van der Waals surface area contributed by atoms with Crippen LogP contribution in [0.15, 0.2) is 54.9 Å². The topological polar surface area (TPSA) is 72.3 Å². The highest BCUT2D eigenvalue weighted by Gasteiger charge is 2.46. The van der Waals surface area contributed by atoms with Gasteiger partial charge in [0, 0.05) is 36.6 Å². The summed E-state index contributed by atoms with van der Waals surface area (Å²) in [5.41, 5.74) is 12.0. The third-order valence-corrected chi connectivity index (χ3v) is 7.33. The number of anilines is 1. The van der Waals surface area contributed by atoms with Crippen LogP contribution in [0.1, 0.15) is 35.8 Å². The first-order valence-electron chi connectivity index (χ1n) is 11.1. The highest BCUT2D eigenvalue weighted by atomic mass is 19.1. The molecule has 3 aromatic heterocycles. The molecule has 162 valence electrons. The van der Waals surface area contributed by atoms with Crippen LogP contribution in [-0.2, 0) is 6.42 Å². The average Bonchev–Trinajstić information content (AvgIpc) is 3.39. The van der Waals surface area contributed by atoms with Crippen molar-refractivity contribution in [1.82, 2.24) is 19.6 Å². The van der Waals surface area contributed by atoms with Crippen LogP contribution in [-0.4, -0.2) is 32.7 Å². The standard InChI is InChI=1S/C25H25FN6/c1-16-22(17-5-2-3-7-19(17)26)32-21(8-12-29-32)24(30-16)31-13-9-25(10-14-31)15-20-18(23(25)27)6-4-11-28-20/h2-8,11-12,23H,9-10,13-15,27H2,1H3/t23-/m0/s1. The molecule has 6 rings (SSSR count). The minimum Gasteiger partial charge on any atom is -0.355 e. The van der Waals surface area contributed by atoms with Gasteiger partial charge < -0.3 is 10.6 Å². The summed E-state index contributed by atoms with van der Waals surface area (Å²) in [6, 6.07) is 12.9. The Balaban J connectivity index is 1.34. The Labute approximate surface area is 185 Å². The van der Waals surface area contributed by atoms with Crippen LogP contribution in [0.4, 0.5) is 10.2 Å². The molecule has 32 heavy (non-hydrogen) atoms. The van der Waals surface area contributed by atoms with E-state index < -0.39 is 0 Å². The van der Waals surface area contributed by atoms with E-state index in [1.54, 1.807) is 18.3 Å². The van der Waals surface area contributed by atoms with Gasteiger partial charge in [-0.1, -0.05) is 18.2 Å². The summed E-state index contributed by atoms with van der Waals surface area (Å²) in [6.45, 7) is 3.66. The fourth-order valence-electron chi connectivity index (χ4n) is 5.57. The molecule has 1 aliphatic heterocycles. The van der Waals surface area contributed by atoms with Gasteiger partial charge in [-0.05, 0) is 61.4 Å². The summed E-state index contributed by atoms with van der Waals surface area (Å²) in [5.74, 6) is 0.627. The number of aromatic nitrogens is 4. The molecule has 6 nitrogen and oxygen atoms in total. The molecule has 1 saturated heterocycles. The Morgan fingerprint density at radius 3 is 2.66 bits per heavy atom. The van der Waals surface area contributed by atoms with Crippen molar-refractivity contribution >= 4 is 11.3 Å². The van der Waals surface area contributed by atoms with Gasteiger partial charge in [0.1, 0.15) is 11.3 Å². The van der Waals surface area contributed by atoms with Crippen LogP contribution in [0.2, 0.25) is 0 Å². The number of fused-ring (bicyclic) bond motifs is 2. The van der Waals surface area contributed by atoms with Crippen molar-refractivity contribution in [1.29, 1.82) is 0 Å². The second kappa shape index (κ2) is 7.10. The molecule has 0 bridgehead atoms. The number of pyridine rings is 1. The molecule has 1 spiro atoms. The minimum atomic E-state index is -0.273. The fourth-order valence-corrected chi connectivity index (χ4v) is 5.57. The van der Waals surface area contributed by atoms with Crippen molar-refractivity contribution < 1.29 is 4.39 Å². The Kier molecular flexibility index (Phi) is 4.30. The minimum absolute atomic E-state index is 0.0291. The third-order valence-electron chi connectivity index (χ3n) is 7.33. The summed E-state index contributed by atoms with van der Waals surface area (Å²) in [5, 5.41) is 4.52. The van der Waals surface area contributed by atoms with Gasteiger partial charge >= 0.3 is 0 Å². The average molecular weight is 429 g/mol. The number of piperidine rings is 1. The van der Waals surface area contributed by atoms with E-state index in [1.807, 2.05) is 35.8 Å². The second-order valence-corrected chi connectivity index (χ2v) is 9.02. The van der Waals surface area contributed by atoms with Gasteiger partial charge in [0.15, 0.2) is 5.82 Å². The largest absolute Gasteiger partial charge is 0.355 e. The highest BCUT2D eigenvalue weighted by Crippen LogP contribution is 2.50. The van der Waals surface area contributed by atoms with Crippen molar-refractivity contribution in [2.75, 3.05) is 18.0 Å². The van der Waals surface area contributed by atoms with Crippen molar-refractivity contribution in [3.63, 3.8) is 0 Å². The van der Waals surface area contributed by atoms with Crippen molar-refractivity contribution in [3.05, 3.63) is 77.6 Å². The summed E-state index contributed by atoms with van der Waals surface area (Å²) in [7, 11) is 0. The molecule has 1 atom stereocenters. The molecule has 2 aliphatic rings. The molecule has 4 aromatic rings. The molecule has 1 aromatic carbocycles. The van der Waals surface area contributed by atoms with Crippen molar-refractivity contribution in [2.24, 2.45) is 11.1 Å². The van der Waals surface area contributed by atoms with Gasteiger partial charge in [-0.3, -0.25) is 4.98 Å². The summed E-state index contributed by atoms with van der Waals surface area (Å²) < 4.78 is 16.4. The van der Waals surface area contributed by atoms with E-state index in [2.05, 4.69) is 21.0 Å². The molecule has 0 radical (unpaired) electrons. The second-order valence-electron chi connectivity index (χ2n) is 9.02. The number of hydrogen-bond acceptors (Lipinski definition) is 5. The normalized spacial score (nSPS) is 19.6. The van der Waals surface area contributed by atoms with E-state index in [0.29, 0.717) is 11.3 Å². The molecule has 4 heterocycles. The molecular formula is C25H25FN6. The summed E-state index contributed by atoms with van der Waals surface area (Å²) in [6.07, 6.45) is 6.53. The smallest absolute Gasteiger partial charge is 0.155 e. The van der Waals surface area contributed by atoms with Gasteiger partial charge in [-0.2, -0.15) is 5.10 Å². The van der Waals surface area contributed by atoms with Crippen molar-refractivity contribution in [2.45, 2.75) is 32.2 Å². The van der Waals surface area contributed by atoms with Gasteiger partial charge in [0.05, 0.1) is 17.6 Å². The zero-order valence-electron chi connectivity index (χ0n) is 18.0. The fraction of sp³-hybridized carbons (Fsp3) is 0.320. The monoisotopic (exact) mass is 428 g/mol. The molecule has 1 fully saturated rings. The van der Waals surface area contributed by atoms with Gasteiger partial charge in [0.25, 0.3) is 0 Å². The first-order valence-corrected chi connectivity index (χ1v) is 11.1. The lowest BCUT2D eigenvalue weighted by molar-refractivity contribution is 0.187. The summed E-state index contributed by atoms with van der Waals surface area (Å²) in [4.78, 5) is 11.8. The lowest BCUT2D eigenvalue weighted by Crippen LogP contribution is -2.44. The first kappa shape index (κ1) is 19.4. The number of benzene rings is 1. The van der Waals surface area contributed by atoms with Crippen LogP contribution in [0.25, 0.3) is 16.8 Å².